The van der Waals surface area contributed by atoms with Crippen LogP contribution in [0.15, 0.2) is 18.5 Å². The SMILES string of the molecule is CC(C)c1cc2c(NC(CCCl)C(C)(C)C)nccn2n1. The number of hydrogen-bond acceptors (Lipinski definition) is 3. The summed E-state index contributed by atoms with van der Waals surface area (Å²) >= 11 is 5.95. The van der Waals surface area contributed by atoms with Crippen molar-refractivity contribution in [3.63, 3.8) is 0 Å². The van der Waals surface area contributed by atoms with Crippen molar-refractivity contribution in [1.82, 2.24) is 14.6 Å². The Hall–Kier alpha value is -1.29. The van der Waals surface area contributed by atoms with Crippen molar-refractivity contribution in [2.75, 3.05) is 11.2 Å². The number of alkyl halides is 1. The van der Waals surface area contributed by atoms with Gasteiger partial charge in [0.05, 0.1) is 5.69 Å². The lowest BCUT2D eigenvalue weighted by Crippen LogP contribution is -2.34. The predicted octanol–water partition coefficient (Wildman–Crippen LogP) is 4.31. The first-order valence-electron chi connectivity index (χ1n) is 7.49. The molecule has 0 saturated heterocycles. The summed E-state index contributed by atoms with van der Waals surface area (Å²) < 4.78 is 1.89. The first-order chi connectivity index (χ1) is 9.82. The highest BCUT2D eigenvalue weighted by atomic mass is 35.5. The van der Waals surface area contributed by atoms with E-state index in [1.165, 1.54) is 0 Å². The molecule has 0 fully saturated rings. The monoisotopic (exact) mass is 308 g/mol. The van der Waals surface area contributed by atoms with Crippen molar-refractivity contribution >= 4 is 22.9 Å². The number of nitrogens with one attached hydrogen (secondary N) is 1. The minimum absolute atomic E-state index is 0.115. The first kappa shape index (κ1) is 16.1. The Kier molecular flexibility index (Phi) is 4.77. The highest BCUT2D eigenvalue weighted by Gasteiger charge is 2.25. The third kappa shape index (κ3) is 3.67. The van der Waals surface area contributed by atoms with Crippen molar-refractivity contribution in [2.45, 2.75) is 53.0 Å². The van der Waals surface area contributed by atoms with Gasteiger partial charge in [-0.3, -0.25) is 0 Å². The van der Waals surface area contributed by atoms with Gasteiger partial charge >= 0.3 is 0 Å². The van der Waals surface area contributed by atoms with Crippen LogP contribution in [0, 0.1) is 5.41 Å². The van der Waals surface area contributed by atoms with Crippen molar-refractivity contribution in [1.29, 1.82) is 0 Å². The molecule has 2 aromatic heterocycles. The summed E-state index contributed by atoms with van der Waals surface area (Å²) in [4.78, 5) is 4.50. The molecule has 0 aliphatic heterocycles. The molecule has 2 heterocycles. The number of hydrogen-bond donors (Lipinski definition) is 1. The molecule has 0 radical (unpaired) electrons. The second kappa shape index (κ2) is 6.22. The Labute approximate surface area is 131 Å². The summed E-state index contributed by atoms with van der Waals surface area (Å²) in [6, 6.07) is 2.38. The van der Waals surface area contributed by atoms with Gasteiger partial charge in [-0.05, 0) is 23.8 Å². The molecule has 116 valence electrons. The largest absolute Gasteiger partial charge is 0.365 e. The number of anilines is 1. The van der Waals surface area contributed by atoms with Gasteiger partial charge in [-0.2, -0.15) is 5.10 Å². The number of nitrogens with zero attached hydrogens (tertiary/aromatic N) is 3. The molecule has 5 heteroatoms. The van der Waals surface area contributed by atoms with Gasteiger partial charge in [-0.1, -0.05) is 34.6 Å². The number of aromatic nitrogens is 3. The topological polar surface area (TPSA) is 42.2 Å². The van der Waals surface area contributed by atoms with Crippen LogP contribution in [0.3, 0.4) is 0 Å². The third-order valence-electron chi connectivity index (χ3n) is 3.75. The van der Waals surface area contributed by atoms with E-state index in [2.05, 4.69) is 56.1 Å². The summed E-state index contributed by atoms with van der Waals surface area (Å²) in [6.45, 7) is 10.9. The lowest BCUT2D eigenvalue weighted by atomic mass is 9.85. The molecule has 0 amide bonds. The highest BCUT2D eigenvalue weighted by molar-refractivity contribution is 6.17. The number of rotatable bonds is 5. The van der Waals surface area contributed by atoms with Crippen LogP contribution in [0.5, 0.6) is 0 Å². The Balaban J connectivity index is 2.36. The fourth-order valence-corrected chi connectivity index (χ4v) is 2.55. The molecular weight excluding hydrogens is 284 g/mol. The van der Waals surface area contributed by atoms with E-state index < -0.39 is 0 Å². The molecule has 1 unspecified atom stereocenters. The predicted molar refractivity (Wildman–Crippen MR) is 89.3 cm³/mol. The zero-order valence-electron chi connectivity index (χ0n) is 13.5. The van der Waals surface area contributed by atoms with Gasteiger partial charge in [-0.15, -0.1) is 11.6 Å². The van der Waals surface area contributed by atoms with Crippen LogP contribution < -0.4 is 5.32 Å². The fourth-order valence-electron chi connectivity index (χ4n) is 2.33. The van der Waals surface area contributed by atoms with E-state index in [9.17, 15) is 0 Å². The van der Waals surface area contributed by atoms with E-state index in [0.29, 0.717) is 11.8 Å². The Morgan fingerprint density at radius 1 is 1.33 bits per heavy atom. The van der Waals surface area contributed by atoms with Crippen molar-refractivity contribution < 1.29 is 0 Å². The Bertz CT molecular complexity index is 598. The molecule has 0 aliphatic rings. The van der Waals surface area contributed by atoms with Gasteiger partial charge in [0.2, 0.25) is 0 Å². The number of fused-ring (bicyclic) bond motifs is 1. The molecule has 4 nitrogen and oxygen atoms in total. The standard InChI is InChI=1S/C16H25ClN4/c1-11(2)12-10-13-15(18-8-9-21(13)20-12)19-14(6-7-17)16(3,4)5/h8-11,14H,6-7H2,1-5H3,(H,18,19). The average Bonchev–Trinajstić information content (AvgIpc) is 2.82. The van der Waals surface area contributed by atoms with E-state index in [-0.39, 0.29) is 11.5 Å². The lowest BCUT2D eigenvalue weighted by molar-refractivity contribution is 0.334. The Morgan fingerprint density at radius 3 is 2.62 bits per heavy atom. The highest BCUT2D eigenvalue weighted by Crippen LogP contribution is 2.27. The van der Waals surface area contributed by atoms with Crippen LogP contribution in [-0.4, -0.2) is 26.5 Å². The van der Waals surface area contributed by atoms with Crippen molar-refractivity contribution in [3.8, 4) is 0 Å². The van der Waals surface area contributed by atoms with Gasteiger partial charge in [0.15, 0.2) is 5.82 Å². The summed E-state index contributed by atoms with van der Waals surface area (Å²) in [5.41, 5.74) is 2.21. The van der Waals surface area contributed by atoms with E-state index in [1.807, 2.05) is 10.7 Å². The first-order valence-corrected chi connectivity index (χ1v) is 8.03. The van der Waals surface area contributed by atoms with Gasteiger partial charge in [0.25, 0.3) is 0 Å². The maximum atomic E-state index is 5.95. The summed E-state index contributed by atoms with van der Waals surface area (Å²) in [6.07, 6.45) is 4.58. The van der Waals surface area contributed by atoms with E-state index >= 15 is 0 Å². The molecular formula is C16H25ClN4. The van der Waals surface area contributed by atoms with Crippen LogP contribution in [0.1, 0.15) is 52.7 Å². The van der Waals surface area contributed by atoms with Crippen LogP contribution >= 0.6 is 11.6 Å². The second-order valence-electron chi connectivity index (χ2n) is 6.87. The van der Waals surface area contributed by atoms with Crippen LogP contribution in [0.25, 0.3) is 5.52 Å². The zero-order valence-corrected chi connectivity index (χ0v) is 14.3. The van der Waals surface area contributed by atoms with Gasteiger partial charge in [-0.25, -0.2) is 9.50 Å². The fraction of sp³-hybridized carbons (Fsp3) is 0.625. The zero-order chi connectivity index (χ0) is 15.6. The Morgan fingerprint density at radius 2 is 2.05 bits per heavy atom. The average molecular weight is 309 g/mol. The molecule has 0 aromatic carbocycles. The minimum atomic E-state index is 0.115. The van der Waals surface area contributed by atoms with Crippen LogP contribution in [0.4, 0.5) is 5.82 Å². The minimum Gasteiger partial charge on any atom is -0.365 e. The van der Waals surface area contributed by atoms with Gasteiger partial charge in [0.1, 0.15) is 5.52 Å². The van der Waals surface area contributed by atoms with Crippen LogP contribution in [-0.2, 0) is 0 Å². The molecule has 2 aromatic rings. The summed E-state index contributed by atoms with van der Waals surface area (Å²) in [7, 11) is 0. The second-order valence-corrected chi connectivity index (χ2v) is 7.25. The molecule has 21 heavy (non-hydrogen) atoms. The molecule has 0 aliphatic carbocycles. The smallest absolute Gasteiger partial charge is 0.152 e. The van der Waals surface area contributed by atoms with Crippen molar-refractivity contribution in [3.05, 3.63) is 24.2 Å². The molecule has 0 bridgehead atoms. The summed E-state index contributed by atoms with van der Waals surface area (Å²) in [5, 5.41) is 8.16. The normalized spacial score (nSPS) is 13.9. The quantitative estimate of drug-likeness (QED) is 0.837. The maximum Gasteiger partial charge on any atom is 0.152 e. The van der Waals surface area contributed by atoms with Crippen molar-refractivity contribution in [2.24, 2.45) is 5.41 Å². The summed E-state index contributed by atoms with van der Waals surface area (Å²) in [5.74, 6) is 1.91. The molecule has 0 saturated carbocycles. The van der Waals surface area contributed by atoms with E-state index in [4.69, 9.17) is 11.6 Å². The molecule has 1 atom stereocenters. The van der Waals surface area contributed by atoms with Gasteiger partial charge in [0, 0.05) is 24.3 Å². The van der Waals surface area contributed by atoms with E-state index in [1.54, 1.807) is 6.20 Å². The van der Waals surface area contributed by atoms with E-state index in [0.717, 1.165) is 23.4 Å². The molecule has 1 N–H and O–H groups in total. The van der Waals surface area contributed by atoms with Crippen LogP contribution in [0.2, 0.25) is 0 Å². The third-order valence-corrected chi connectivity index (χ3v) is 3.97. The van der Waals surface area contributed by atoms with Gasteiger partial charge < -0.3 is 5.32 Å². The molecule has 0 spiro atoms. The molecule has 2 rings (SSSR count). The maximum absolute atomic E-state index is 5.95. The lowest BCUT2D eigenvalue weighted by Gasteiger charge is -2.31. The number of halogens is 1.